The van der Waals surface area contributed by atoms with Gasteiger partial charge in [0.25, 0.3) is 0 Å². The Morgan fingerprint density at radius 2 is 1.94 bits per heavy atom. The zero-order valence-corrected chi connectivity index (χ0v) is 9.36. The number of carbonyl (C=O) groups excluding carboxylic acids is 1. The van der Waals surface area contributed by atoms with Gasteiger partial charge >= 0.3 is 6.18 Å². The van der Waals surface area contributed by atoms with Crippen molar-refractivity contribution in [3.63, 3.8) is 0 Å². The monoisotopic (exact) mass is 262 g/mol. The van der Waals surface area contributed by atoms with E-state index in [1.165, 1.54) is 12.2 Å². The van der Waals surface area contributed by atoms with E-state index in [0.717, 1.165) is 0 Å². The molecule has 0 rings (SSSR count). The van der Waals surface area contributed by atoms with Crippen molar-refractivity contribution in [3.8, 4) is 0 Å². The Balaban J connectivity index is 4.15. The number of alkyl halides is 3. The molecule has 0 saturated carbocycles. The molecule has 0 fully saturated rings. The Labute approximate surface area is 91.1 Å². The van der Waals surface area contributed by atoms with Gasteiger partial charge in [-0.1, -0.05) is 0 Å². The first-order valence-electron chi connectivity index (χ1n) is 4.31. The van der Waals surface area contributed by atoms with Crippen LogP contribution in [0.5, 0.6) is 0 Å². The summed E-state index contributed by atoms with van der Waals surface area (Å²) in [4.78, 5) is 10.9. The largest absolute Gasteiger partial charge is 0.405 e. The van der Waals surface area contributed by atoms with E-state index in [1.54, 1.807) is 0 Å². The highest BCUT2D eigenvalue weighted by molar-refractivity contribution is 7.92. The smallest absolute Gasteiger partial charge is 0.346 e. The molecule has 3 N–H and O–H groups in total. The van der Waals surface area contributed by atoms with E-state index in [1.807, 2.05) is 0 Å². The molecule has 1 atom stereocenters. The lowest BCUT2D eigenvalue weighted by Gasteiger charge is -2.09. The number of sulfone groups is 1. The lowest BCUT2D eigenvalue weighted by Crippen LogP contribution is -2.39. The lowest BCUT2D eigenvalue weighted by atomic mass is 10.4. The van der Waals surface area contributed by atoms with E-state index in [-0.39, 0.29) is 0 Å². The molecule has 0 saturated heterocycles. The second-order valence-electron chi connectivity index (χ2n) is 3.42. The molecular formula is C7H13F3N2O3S. The fourth-order valence-electron chi connectivity index (χ4n) is 0.909. The topological polar surface area (TPSA) is 89.3 Å². The van der Waals surface area contributed by atoms with Crippen molar-refractivity contribution in [2.45, 2.75) is 19.1 Å². The minimum Gasteiger partial charge on any atom is -0.346 e. The summed E-state index contributed by atoms with van der Waals surface area (Å²) in [5, 5.41) is 1.47. The van der Waals surface area contributed by atoms with Gasteiger partial charge in [0, 0.05) is 6.04 Å². The van der Waals surface area contributed by atoms with E-state index < -0.39 is 46.0 Å². The Bertz CT molecular complexity index is 337. The molecule has 1 unspecified atom stereocenters. The van der Waals surface area contributed by atoms with E-state index in [4.69, 9.17) is 5.73 Å². The van der Waals surface area contributed by atoms with Gasteiger partial charge in [0.1, 0.15) is 12.3 Å². The van der Waals surface area contributed by atoms with Crippen LogP contribution in [0, 0.1) is 0 Å². The third-order valence-electron chi connectivity index (χ3n) is 1.35. The fraction of sp³-hybridized carbons (Fsp3) is 0.857. The molecular weight excluding hydrogens is 249 g/mol. The molecule has 16 heavy (non-hydrogen) atoms. The molecule has 0 heterocycles. The summed E-state index contributed by atoms with van der Waals surface area (Å²) >= 11 is 0. The summed E-state index contributed by atoms with van der Waals surface area (Å²) in [6.45, 7) is -0.120. The summed E-state index contributed by atoms with van der Waals surface area (Å²) in [6.07, 6.45) is -4.55. The molecule has 0 aromatic rings. The lowest BCUT2D eigenvalue weighted by molar-refractivity contribution is -0.137. The van der Waals surface area contributed by atoms with Gasteiger partial charge in [0.05, 0.1) is 5.75 Å². The van der Waals surface area contributed by atoms with Crippen LogP contribution in [0.15, 0.2) is 0 Å². The maximum atomic E-state index is 11.7. The van der Waals surface area contributed by atoms with Crippen molar-refractivity contribution in [2.24, 2.45) is 5.73 Å². The SMILES string of the molecule is CC(N)CS(=O)(=O)CC(=O)NCC(F)(F)F. The van der Waals surface area contributed by atoms with E-state index in [2.05, 4.69) is 0 Å². The van der Waals surface area contributed by atoms with Gasteiger partial charge in [-0.25, -0.2) is 8.42 Å². The van der Waals surface area contributed by atoms with E-state index in [0.29, 0.717) is 0 Å². The van der Waals surface area contributed by atoms with Gasteiger partial charge in [-0.15, -0.1) is 0 Å². The van der Waals surface area contributed by atoms with E-state index >= 15 is 0 Å². The van der Waals surface area contributed by atoms with Gasteiger partial charge in [0.15, 0.2) is 9.84 Å². The first kappa shape index (κ1) is 15.2. The second-order valence-corrected chi connectivity index (χ2v) is 5.53. The standard InChI is InChI=1S/C7H13F3N2O3S/c1-5(11)2-16(14,15)3-6(13)12-4-7(8,9)10/h5H,2-4,11H2,1H3,(H,12,13). The van der Waals surface area contributed by atoms with Crippen molar-refractivity contribution in [3.05, 3.63) is 0 Å². The van der Waals surface area contributed by atoms with Crippen LogP contribution in [0.2, 0.25) is 0 Å². The van der Waals surface area contributed by atoms with Crippen LogP contribution in [-0.4, -0.2) is 44.6 Å². The number of hydrogen-bond donors (Lipinski definition) is 2. The third kappa shape index (κ3) is 8.48. The molecule has 0 radical (unpaired) electrons. The number of rotatable bonds is 5. The van der Waals surface area contributed by atoms with Crippen LogP contribution in [0.25, 0.3) is 0 Å². The van der Waals surface area contributed by atoms with Crippen LogP contribution in [0.1, 0.15) is 6.92 Å². The molecule has 0 aliphatic heterocycles. The number of amides is 1. The number of hydrogen-bond acceptors (Lipinski definition) is 4. The summed E-state index contributed by atoms with van der Waals surface area (Å²) in [5.41, 5.74) is 5.21. The zero-order chi connectivity index (χ0) is 13.0. The number of halogens is 3. The van der Waals surface area contributed by atoms with Crippen molar-refractivity contribution >= 4 is 15.7 Å². The summed E-state index contributed by atoms with van der Waals surface area (Å²) in [7, 11) is -3.75. The first-order chi connectivity index (χ1) is 7.02. The number of nitrogens with one attached hydrogen (secondary N) is 1. The Kier molecular flexibility index (Phi) is 5.20. The molecule has 5 nitrogen and oxygen atoms in total. The first-order valence-corrected chi connectivity index (χ1v) is 6.13. The molecule has 0 aliphatic rings. The zero-order valence-electron chi connectivity index (χ0n) is 8.54. The predicted octanol–water partition coefficient (Wildman–Crippen LogP) is -0.573. The highest BCUT2D eigenvalue weighted by Gasteiger charge is 2.28. The van der Waals surface area contributed by atoms with Crippen molar-refractivity contribution in [1.29, 1.82) is 0 Å². The van der Waals surface area contributed by atoms with Gasteiger partial charge in [-0.2, -0.15) is 13.2 Å². The predicted molar refractivity (Wildman–Crippen MR) is 51.4 cm³/mol. The average molecular weight is 262 g/mol. The van der Waals surface area contributed by atoms with Gasteiger partial charge in [-0.05, 0) is 6.92 Å². The van der Waals surface area contributed by atoms with Gasteiger partial charge in [0.2, 0.25) is 5.91 Å². The van der Waals surface area contributed by atoms with Gasteiger partial charge in [-0.3, -0.25) is 4.79 Å². The molecule has 96 valence electrons. The maximum Gasteiger partial charge on any atom is 0.405 e. The normalized spacial score (nSPS) is 14.6. The molecule has 0 aromatic heterocycles. The van der Waals surface area contributed by atoms with Crippen LogP contribution >= 0.6 is 0 Å². The summed E-state index contributed by atoms with van der Waals surface area (Å²) in [5.74, 6) is -2.60. The fourth-order valence-corrected chi connectivity index (χ4v) is 2.33. The molecule has 0 bridgehead atoms. The quantitative estimate of drug-likeness (QED) is 0.694. The van der Waals surface area contributed by atoms with Gasteiger partial charge < -0.3 is 11.1 Å². The van der Waals surface area contributed by atoms with Crippen molar-refractivity contribution in [1.82, 2.24) is 5.32 Å². The molecule has 9 heteroatoms. The van der Waals surface area contributed by atoms with Crippen LogP contribution in [0.3, 0.4) is 0 Å². The minimum absolute atomic E-state index is 0.438. The second kappa shape index (κ2) is 5.48. The van der Waals surface area contributed by atoms with Crippen molar-refractivity contribution < 1.29 is 26.4 Å². The Hall–Kier alpha value is -0.830. The van der Waals surface area contributed by atoms with E-state index in [9.17, 15) is 26.4 Å². The molecule has 0 aliphatic carbocycles. The molecule has 0 spiro atoms. The maximum absolute atomic E-state index is 11.7. The number of nitrogens with two attached hydrogens (primary N) is 1. The highest BCUT2D eigenvalue weighted by Crippen LogP contribution is 2.12. The van der Waals surface area contributed by atoms with Crippen LogP contribution < -0.4 is 11.1 Å². The Morgan fingerprint density at radius 3 is 2.31 bits per heavy atom. The highest BCUT2D eigenvalue weighted by atomic mass is 32.2. The summed E-state index contributed by atoms with van der Waals surface area (Å²) < 4.78 is 57.3. The molecule has 0 aromatic carbocycles. The third-order valence-corrected chi connectivity index (χ3v) is 3.09. The minimum atomic E-state index is -4.55. The van der Waals surface area contributed by atoms with Crippen molar-refractivity contribution in [2.75, 3.05) is 18.1 Å². The number of carbonyl (C=O) groups is 1. The molecule has 1 amide bonds. The Morgan fingerprint density at radius 1 is 1.44 bits per heavy atom. The van der Waals surface area contributed by atoms with Crippen LogP contribution in [-0.2, 0) is 14.6 Å². The average Bonchev–Trinajstić information content (AvgIpc) is 1.95. The summed E-state index contributed by atoms with van der Waals surface area (Å²) in [6, 6.07) is -0.666. The van der Waals surface area contributed by atoms with Crippen LogP contribution in [0.4, 0.5) is 13.2 Å².